The lowest BCUT2D eigenvalue weighted by molar-refractivity contribution is 0.225. The van der Waals surface area contributed by atoms with Crippen LogP contribution in [0.1, 0.15) is 25.7 Å². The summed E-state index contributed by atoms with van der Waals surface area (Å²) in [6.07, 6.45) is 6.16. The van der Waals surface area contributed by atoms with Gasteiger partial charge in [0.15, 0.2) is 0 Å². The molecule has 90 valence electrons. The molecule has 0 radical (unpaired) electrons. The predicted octanol–water partition coefficient (Wildman–Crippen LogP) is 2.56. The van der Waals surface area contributed by atoms with Crippen molar-refractivity contribution in [2.24, 2.45) is 11.8 Å². The SMILES string of the molecule is ClC1CC2OC2CC1C1CC2OC2CC1Cl. The lowest BCUT2D eigenvalue weighted by Crippen LogP contribution is -2.38. The van der Waals surface area contributed by atoms with Crippen molar-refractivity contribution in [3.05, 3.63) is 0 Å². The highest BCUT2D eigenvalue weighted by Crippen LogP contribution is 2.51. The Kier molecular flexibility index (Phi) is 2.28. The van der Waals surface area contributed by atoms with E-state index >= 15 is 0 Å². The molecule has 16 heavy (non-hydrogen) atoms. The Morgan fingerprint density at radius 1 is 0.625 bits per heavy atom. The fourth-order valence-corrected chi connectivity index (χ4v) is 4.63. The zero-order valence-electron chi connectivity index (χ0n) is 9.02. The largest absolute Gasteiger partial charge is 0.370 e. The Morgan fingerprint density at radius 3 is 1.44 bits per heavy atom. The third-order valence-electron chi connectivity index (χ3n) is 4.78. The second kappa shape index (κ2) is 3.50. The predicted molar refractivity (Wildman–Crippen MR) is 62.1 cm³/mol. The maximum Gasteiger partial charge on any atom is 0.0856 e. The number of alkyl halides is 2. The highest BCUT2D eigenvalue weighted by molar-refractivity contribution is 6.22. The van der Waals surface area contributed by atoms with Gasteiger partial charge in [0.05, 0.1) is 24.4 Å². The summed E-state index contributed by atoms with van der Waals surface area (Å²) in [5, 5.41) is 0.510. The van der Waals surface area contributed by atoms with Crippen LogP contribution in [-0.4, -0.2) is 35.2 Å². The fraction of sp³-hybridized carbons (Fsp3) is 1.00. The van der Waals surface area contributed by atoms with Crippen molar-refractivity contribution in [3.8, 4) is 0 Å². The van der Waals surface area contributed by atoms with Crippen molar-refractivity contribution >= 4 is 23.2 Å². The quantitative estimate of drug-likeness (QED) is 0.536. The first kappa shape index (κ1) is 10.4. The van der Waals surface area contributed by atoms with Gasteiger partial charge >= 0.3 is 0 Å². The topological polar surface area (TPSA) is 25.1 Å². The molecule has 0 spiro atoms. The summed E-state index contributed by atoms with van der Waals surface area (Å²) < 4.78 is 11.2. The molecule has 4 fully saturated rings. The van der Waals surface area contributed by atoms with E-state index in [2.05, 4.69) is 0 Å². The van der Waals surface area contributed by atoms with Gasteiger partial charge in [-0.15, -0.1) is 23.2 Å². The highest BCUT2D eigenvalue weighted by Gasteiger charge is 2.55. The lowest BCUT2D eigenvalue weighted by Gasteiger charge is -2.36. The van der Waals surface area contributed by atoms with E-state index in [-0.39, 0.29) is 10.8 Å². The molecule has 0 aromatic heterocycles. The lowest BCUT2D eigenvalue weighted by atomic mass is 9.73. The molecule has 2 saturated carbocycles. The zero-order chi connectivity index (χ0) is 10.9. The average Bonchev–Trinajstić information content (AvgIpc) is 3.09. The number of hydrogen-bond donors (Lipinski definition) is 0. The van der Waals surface area contributed by atoms with Crippen LogP contribution in [0.3, 0.4) is 0 Å². The first-order valence-corrected chi connectivity index (χ1v) is 7.18. The smallest absolute Gasteiger partial charge is 0.0856 e. The molecule has 2 aliphatic heterocycles. The minimum atomic E-state index is 0.255. The maximum atomic E-state index is 6.48. The molecule has 0 bridgehead atoms. The van der Waals surface area contributed by atoms with E-state index in [0.29, 0.717) is 36.3 Å². The molecule has 2 heterocycles. The molecule has 2 nitrogen and oxygen atoms in total. The van der Waals surface area contributed by atoms with E-state index in [0.717, 1.165) is 25.7 Å². The Bertz CT molecular complexity index is 281. The summed E-state index contributed by atoms with van der Waals surface area (Å²) in [6, 6.07) is 0. The maximum absolute atomic E-state index is 6.48. The molecular formula is C12H16Cl2O2. The van der Waals surface area contributed by atoms with Gasteiger partial charge in [-0.3, -0.25) is 0 Å². The third-order valence-corrected chi connectivity index (χ3v) is 5.78. The van der Waals surface area contributed by atoms with Gasteiger partial charge in [0.25, 0.3) is 0 Å². The van der Waals surface area contributed by atoms with Gasteiger partial charge in [-0.05, 0) is 37.5 Å². The summed E-state index contributed by atoms with van der Waals surface area (Å²) >= 11 is 13.0. The molecule has 4 rings (SSSR count). The molecule has 0 amide bonds. The normalized spacial score (nSPS) is 63.4. The van der Waals surface area contributed by atoms with Crippen molar-refractivity contribution in [2.75, 3.05) is 0 Å². The van der Waals surface area contributed by atoms with Gasteiger partial charge in [-0.2, -0.15) is 0 Å². The Balaban J connectivity index is 1.50. The van der Waals surface area contributed by atoms with Crippen molar-refractivity contribution in [1.82, 2.24) is 0 Å². The van der Waals surface area contributed by atoms with Crippen molar-refractivity contribution in [1.29, 1.82) is 0 Å². The van der Waals surface area contributed by atoms with Gasteiger partial charge < -0.3 is 9.47 Å². The third kappa shape index (κ3) is 1.61. The van der Waals surface area contributed by atoms with Crippen LogP contribution in [0.15, 0.2) is 0 Å². The van der Waals surface area contributed by atoms with Crippen LogP contribution in [-0.2, 0) is 9.47 Å². The number of ether oxygens (including phenoxy) is 2. The van der Waals surface area contributed by atoms with Gasteiger partial charge in [0.1, 0.15) is 0 Å². The number of halogens is 2. The molecule has 0 N–H and O–H groups in total. The summed E-state index contributed by atoms with van der Waals surface area (Å²) in [4.78, 5) is 0. The van der Waals surface area contributed by atoms with Gasteiger partial charge in [0, 0.05) is 10.8 Å². The first-order valence-electron chi connectivity index (χ1n) is 6.31. The number of rotatable bonds is 1. The Morgan fingerprint density at radius 2 is 1.00 bits per heavy atom. The molecule has 0 aromatic rings. The summed E-state index contributed by atoms with van der Waals surface area (Å²) in [6.45, 7) is 0. The van der Waals surface area contributed by atoms with E-state index in [9.17, 15) is 0 Å². The second-order valence-corrected chi connectivity index (χ2v) is 6.85. The van der Waals surface area contributed by atoms with E-state index in [1.165, 1.54) is 0 Å². The van der Waals surface area contributed by atoms with Gasteiger partial charge in [-0.1, -0.05) is 0 Å². The molecule has 2 aliphatic carbocycles. The van der Waals surface area contributed by atoms with Crippen LogP contribution in [0.2, 0.25) is 0 Å². The van der Waals surface area contributed by atoms with Crippen LogP contribution in [0.5, 0.6) is 0 Å². The molecular weight excluding hydrogens is 247 g/mol. The summed E-state index contributed by atoms with van der Waals surface area (Å²) in [5.41, 5.74) is 0. The van der Waals surface area contributed by atoms with E-state index in [4.69, 9.17) is 32.7 Å². The summed E-state index contributed by atoms with van der Waals surface area (Å²) in [5.74, 6) is 1.08. The number of epoxide rings is 2. The average molecular weight is 263 g/mol. The standard InChI is InChI=1S/C12H16Cl2O2/c13-7-3-11-9(15-11)1-5(7)6-2-10-12(16-10)4-8(6)14/h5-12H,1-4H2. The van der Waals surface area contributed by atoms with Crippen LogP contribution >= 0.6 is 23.2 Å². The molecule has 2 saturated heterocycles. The van der Waals surface area contributed by atoms with Crippen LogP contribution in [0.4, 0.5) is 0 Å². The Hall–Kier alpha value is 0.500. The van der Waals surface area contributed by atoms with Crippen molar-refractivity contribution in [3.63, 3.8) is 0 Å². The van der Waals surface area contributed by atoms with Crippen LogP contribution in [0, 0.1) is 11.8 Å². The highest BCUT2D eigenvalue weighted by atomic mass is 35.5. The fourth-order valence-electron chi connectivity index (χ4n) is 3.70. The molecule has 4 heteroatoms. The monoisotopic (exact) mass is 262 g/mol. The molecule has 8 atom stereocenters. The van der Waals surface area contributed by atoms with Crippen molar-refractivity contribution in [2.45, 2.75) is 60.9 Å². The van der Waals surface area contributed by atoms with Gasteiger partial charge in [-0.25, -0.2) is 0 Å². The first-order chi connectivity index (χ1) is 7.72. The van der Waals surface area contributed by atoms with E-state index in [1.807, 2.05) is 0 Å². The van der Waals surface area contributed by atoms with Crippen LogP contribution < -0.4 is 0 Å². The van der Waals surface area contributed by atoms with Gasteiger partial charge in [0.2, 0.25) is 0 Å². The number of fused-ring (bicyclic) bond motifs is 2. The minimum Gasteiger partial charge on any atom is -0.370 e. The van der Waals surface area contributed by atoms with Crippen LogP contribution in [0.25, 0.3) is 0 Å². The minimum absolute atomic E-state index is 0.255. The van der Waals surface area contributed by atoms with E-state index in [1.54, 1.807) is 0 Å². The van der Waals surface area contributed by atoms with E-state index < -0.39 is 0 Å². The zero-order valence-corrected chi connectivity index (χ0v) is 10.5. The summed E-state index contributed by atoms with van der Waals surface area (Å²) in [7, 11) is 0. The Labute approximate surface area is 106 Å². The molecule has 4 aliphatic rings. The molecule has 8 unspecified atom stereocenters. The van der Waals surface area contributed by atoms with Crippen molar-refractivity contribution < 1.29 is 9.47 Å². The second-order valence-electron chi connectivity index (χ2n) is 5.73. The number of hydrogen-bond acceptors (Lipinski definition) is 2. The molecule has 0 aromatic carbocycles.